The number of amides is 1. The lowest BCUT2D eigenvalue weighted by Gasteiger charge is -2.20. The molecule has 2 unspecified atom stereocenters. The molecule has 0 saturated carbocycles. The lowest BCUT2D eigenvalue weighted by molar-refractivity contribution is 0.0713. The number of halogens is 2. The molecule has 1 aromatic rings. The van der Waals surface area contributed by atoms with E-state index in [4.69, 9.17) is 10.5 Å². The Kier molecular flexibility index (Phi) is 6.10. The first-order chi connectivity index (χ1) is 8.58. The van der Waals surface area contributed by atoms with Gasteiger partial charge in [0.25, 0.3) is 5.91 Å². The minimum atomic E-state index is -0.150. The highest BCUT2D eigenvalue weighted by Gasteiger charge is 2.24. The van der Waals surface area contributed by atoms with Gasteiger partial charge in [-0.15, -0.1) is 12.4 Å². The van der Waals surface area contributed by atoms with Gasteiger partial charge >= 0.3 is 0 Å². The first-order valence-electron chi connectivity index (χ1n) is 6.05. The molecule has 0 bridgehead atoms. The number of nitrogens with two attached hydrogens (primary N) is 1. The number of hydrogen-bond donors (Lipinski definition) is 2. The summed E-state index contributed by atoms with van der Waals surface area (Å²) >= 11 is 3.32. The summed E-state index contributed by atoms with van der Waals surface area (Å²) in [5, 5.41) is 2.94. The van der Waals surface area contributed by atoms with Crippen LogP contribution in [0.1, 0.15) is 30.1 Å². The molecule has 1 amide bonds. The van der Waals surface area contributed by atoms with E-state index in [1.807, 2.05) is 13.0 Å². The second-order valence-corrected chi connectivity index (χ2v) is 5.46. The van der Waals surface area contributed by atoms with Crippen LogP contribution in [0.2, 0.25) is 0 Å². The van der Waals surface area contributed by atoms with Gasteiger partial charge in [0.15, 0.2) is 0 Å². The van der Waals surface area contributed by atoms with E-state index in [1.165, 1.54) is 0 Å². The first-order valence-corrected chi connectivity index (χ1v) is 6.84. The molecule has 2 atom stereocenters. The van der Waals surface area contributed by atoms with E-state index < -0.39 is 0 Å². The predicted octanol–water partition coefficient (Wildman–Crippen LogP) is 2.75. The maximum absolute atomic E-state index is 12.1. The van der Waals surface area contributed by atoms with Crippen molar-refractivity contribution >= 4 is 39.9 Å². The molecule has 0 aliphatic carbocycles. The summed E-state index contributed by atoms with van der Waals surface area (Å²) in [5.41, 5.74) is 6.81. The second-order valence-electron chi connectivity index (χ2n) is 4.55. The highest BCUT2D eigenvalue weighted by molar-refractivity contribution is 9.10. The molecule has 19 heavy (non-hydrogen) atoms. The smallest absolute Gasteiger partial charge is 0.253 e. The van der Waals surface area contributed by atoms with E-state index in [-0.39, 0.29) is 30.5 Å². The largest absolute Gasteiger partial charge is 0.398 e. The molecule has 1 aliphatic rings. The van der Waals surface area contributed by atoms with Crippen molar-refractivity contribution in [2.75, 3.05) is 12.3 Å². The average molecular weight is 350 g/mol. The highest BCUT2D eigenvalue weighted by Crippen LogP contribution is 2.20. The predicted molar refractivity (Wildman–Crippen MR) is 81.7 cm³/mol. The summed E-state index contributed by atoms with van der Waals surface area (Å²) in [5.74, 6) is -0.150. The summed E-state index contributed by atoms with van der Waals surface area (Å²) in [6.45, 7) is 2.74. The standard InChI is InChI=1S/C13H17BrN2O2.ClH/c1-8(12-3-2-6-18-12)16-13(17)10-5-4-9(14)7-11(10)15;/h4-5,7-8,12H,2-3,6,15H2,1H3,(H,16,17);1H. The molecule has 1 fully saturated rings. The molecule has 1 saturated heterocycles. The molecule has 4 nitrogen and oxygen atoms in total. The van der Waals surface area contributed by atoms with Gasteiger partial charge in [0, 0.05) is 16.8 Å². The average Bonchev–Trinajstić information content (AvgIpc) is 2.81. The topological polar surface area (TPSA) is 64.4 Å². The maximum atomic E-state index is 12.1. The third-order valence-corrected chi connectivity index (χ3v) is 3.63. The minimum Gasteiger partial charge on any atom is -0.398 e. The van der Waals surface area contributed by atoms with E-state index >= 15 is 0 Å². The molecule has 106 valence electrons. The van der Waals surface area contributed by atoms with Crippen molar-refractivity contribution in [2.24, 2.45) is 0 Å². The van der Waals surface area contributed by atoms with Crippen LogP contribution in [0.4, 0.5) is 5.69 Å². The molecule has 0 spiro atoms. The molecule has 0 radical (unpaired) electrons. The number of ether oxygens (including phenoxy) is 1. The van der Waals surface area contributed by atoms with Crippen LogP contribution in [0.5, 0.6) is 0 Å². The number of benzene rings is 1. The van der Waals surface area contributed by atoms with Gasteiger partial charge < -0.3 is 15.8 Å². The normalized spacial score (nSPS) is 19.6. The van der Waals surface area contributed by atoms with Crippen LogP contribution in [0, 0.1) is 0 Å². The number of carbonyl (C=O) groups is 1. The van der Waals surface area contributed by atoms with Crippen LogP contribution in [0.25, 0.3) is 0 Å². The third kappa shape index (κ3) is 4.09. The molecule has 0 aromatic heterocycles. The molecule has 6 heteroatoms. The molecule has 1 aliphatic heterocycles. The lowest BCUT2D eigenvalue weighted by Crippen LogP contribution is -2.41. The van der Waals surface area contributed by atoms with Gasteiger partial charge in [-0.25, -0.2) is 0 Å². The van der Waals surface area contributed by atoms with Crippen molar-refractivity contribution in [1.82, 2.24) is 5.32 Å². The number of nitrogens with one attached hydrogen (secondary N) is 1. The zero-order valence-corrected chi connectivity index (χ0v) is 13.1. The Bertz CT molecular complexity index is 450. The number of anilines is 1. The maximum Gasteiger partial charge on any atom is 0.253 e. The number of nitrogen functional groups attached to an aromatic ring is 1. The fraction of sp³-hybridized carbons (Fsp3) is 0.462. The van der Waals surface area contributed by atoms with Crippen LogP contribution in [0.15, 0.2) is 22.7 Å². The Balaban J connectivity index is 0.00000180. The van der Waals surface area contributed by atoms with Crippen LogP contribution in [-0.2, 0) is 4.74 Å². The number of rotatable bonds is 3. The van der Waals surface area contributed by atoms with Crippen LogP contribution < -0.4 is 11.1 Å². The van der Waals surface area contributed by atoms with E-state index in [1.54, 1.807) is 12.1 Å². The molecule has 1 aromatic carbocycles. The number of hydrogen-bond acceptors (Lipinski definition) is 3. The Hall–Kier alpha value is -0.780. The minimum absolute atomic E-state index is 0. The Morgan fingerprint density at radius 1 is 1.58 bits per heavy atom. The molecule has 3 N–H and O–H groups in total. The van der Waals surface area contributed by atoms with Gasteiger partial charge in [0.1, 0.15) is 0 Å². The molecular weight excluding hydrogens is 332 g/mol. The van der Waals surface area contributed by atoms with E-state index in [9.17, 15) is 4.79 Å². The number of carbonyl (C=O) groups excluding carboxylic acids is 1. The molecular formula is C13H18BrClN2O2. The van der Waals surface area contributed by atoms with Crippen molar-refractivity contribution in [3.63, 3.8) is 0 Å². The Morgan fingerprint density at radius 3 is 2.89 bits per heavy atom. The fourth-order valence-corrected chi connectivity index (χ4v) is 2.49. The van der Waals surface area contributed by atoms with Crippen LogP contribution in [0.3, 0.4) is 0 Å². The van der Waals surface area contributed by atoms with Crippen LogP contribution >= 0.6 is 28.3 Å². The van der Waals surface area contributed by atoms with Crippen molar-refractivity contribution in [3.05, 3.63) is 28.2 Å². The summed E-state index contributed by atoms with van der Waals surface area (Å²) < 4.78 is 6.41. The zero-order chi connectivity index (χ0) is 13.1. The summed E-state index contributed by atoms with van der Waals surface area (Å²) in [4.78, 5) is 12.1. The van der Waals surface area contributed by atoms with Gasteiger partial charge in [0.2, 0.25) is 0 Å². The zero-order valence-electron chi connectivity index (χ0n) is 10.7. The summed E-state index contributed by atoms with van der Waals surface area (Å²) in [6.07, 6.45) is 2.17. The SMILES string of the molecule is CC(NC(=O)c1ccc(Br)cc1N)C1CCCO1.Cl. The third-order valence-electron chi connectivity index (χ3n) is 3.14. The highest BCUT2D eigenvalue weighted by atomic mass is 79.9. The second kappa shape index (κ2) is 7.12. The van der Waals surface area contributed by atoms with Gasteiger partial charge in [0.05, 0.1) is 17.7 Å². The van der Waals surface area contributed by atoms with Gasteiger partial charge in [-0.1, -0.05) is 15.9 Å². The van der Waals surface area contributed by atoms with Gasteiger partial charge in [-0.3, -0.25) is 4.79 Å². The first kappa shape index (κ1) is 16.3. The quantitative estimate of drug-likeness (QED) is 0.825. The van der Waals surface area contributed by atoms with Crippen molar-refractivity contribution in [3.8, 4) is 0 Å². The Morgan fingerprint density at radius 2 is 2.32 bits per heavy atom. The van der Waals surface area contributed by atoms with Gasteiger partial charge in [-0.2, -0.15) is 0 Å². The van der Waals surface area contributed by atoms with Gasteiger partial charge in [-0.05, 0) is 38.0 Å². The fourth-order valence-electron chi connectivity index (χ4n) is 2.11. The van der Waals surface area contributed by atoms with E-state index in [0.29, 0.717) is 11.3 Å². The van der Waals surface area contributed by atoms with Crippen molar-refractivity contribution in [1.29, 1.82) is 0 Å². The Labute approximate surface area is 127 Å². The molecule has 1 heterocycles. The van der Waals surface area contributed by atoms with Crippen molar-refractivity contribution in [2.45, 2.75) is 31.9 Å². The van der Waals surface area contributed by atoms with Crippen molar-refractivity contribution < 1.29 is 9.53 Å². The van der Waals surface area contributed by atoms with Crippen LogP contribution in [-0.4, -0.2) is 24.7 Å². The summed E-state index contributed by atoms with van der Waals surface area (Å²) in [7, 11) is 0. The summed E-state index contributed by atoms with van der Waals surface area (Å²) in [6, 6.07) is 5.26. The lowest BCUT2D eigenvalue weighted by atomic mass is 10.1. The molecule has 2 rings (SSSR count). The monoisotopic (exact) mass is 348 g/mol. The van der Waals surface area contributed by atoms with E-state index in [2.05, 4.69) is 21.2 Å². The van der Waals surface area contributed by atoms with E-state index in [0.717, 1.165) is 23.9 Å².